The lowest BCUT2D eigenvalue weighted by Gasteiger charge is -2.28. The number of rotatable bonds is 10. The summed E-state index contributed by atoms with van der Waals surface area (Å²) < 4.78 is 0. The van der Waals surface area contributed by atoms with Crippen molar-refractivity contribution < 1.29 is 33.9 Å². The van der Waals surface area contributed by atoms with Crippen LogP contribution in [0.4, 0.5) is 0 Å². The first-order chi connectivity index (χ1) is 25.5. The van der Waals surface area contributed by atoms with E-state index in [9.17, 15) is 33.9 Å². The molecule has 2 aromatic carbocycles. The predicted molar refractivity (Wildman–Crippen MR) is 205 cm³/mol. The van der Waals surface area contributed by atoms with Gasteiger partial charge in [0.05, 0.1) is 18.2 Å². The summed E-state index contributed by atoms with van der Waals surface area (Å²) in [7, 11) is 2.39. The monoisotopic (exact) mass is 768 g/mol. The second-order valence-electron chi connectivity index (χ2n) is 12.9. The fourth-order valence-electron chi connectivity index (χ4n) is 5.74. The third-order valence-electron chi connectivity index (χ3n) is 8.70. The Morgan fingerprint density at radius 3 is 2.09 bits per heavy atom. The average Bonchev–Trinajstić information content (AvgIpc) is 3.56. The van der Waals surface area contributed by atoms with Gasteiger partial charge in [-0.15, -0.1) is 0 Å². The van der Waals surface area contributed by atoms with Gasteiger partial charge in [0.15, 0.2) is 0 Å². The van der Waals surface area contributed by atoms with Crippen LogP contribution in [0.25, 0.3) is 10.9 Å². The van der Waals surface area contributed by atoms with Crippen LogP contribution in [0.1, 0.15) is 37.3 Å². The van der Waals surface area contributed by atoms with E-state index in [1.807, 2.05) is 42.5 Å². The van der Waals surface area contributed by atoms with E-state index in [2.05, 4.69) is 31.6 Å². The van der Waals surface area contributed by atoms with E-state index < -0.39 is 71.9 Å². The summed E-state index contributed by atoms with van der Waals surface area (Å²) in [5.74, 6) is -3.28. The molecule has 1 aromatic heterocycles. The van der Waals surface area contributed by atoms with Gasteiger partial charge in [-0.2, -0.15) is 0 Å². The fraction of sp³-hybridized carbons (Fsp3) is 0.444. The molecule has 53 heavy (non-hydrogen) atoms. The molecule has 1 aliphatic rings. The molecule has 0 saturated carbocycles. The largest absolute Gasteiger partial charge is 0.391 e. The molecule has 0 spiro atoms. The van der Waals surface area contributed by atoms with E-state index in [1.54, 1.807) is 18.3 Å². The molecule has 0 bridgehead atoms. The van der Waals surface area contributed by atoms with Crippen LogP contribution in [0, 0.1) is 0 Å². The molecule has 2 heterocycles. The molecular weight excluding hydrogens is 721 g/mol. The number of aliphatic hydroxyl groups excluding tert-OH is 1. The number of nitrogens with two attached hydrogens (primary N) is 2. The molecule has 7 atom stereocenters. The summed E-state index contributed by atoms with van der Waals surface area (Å²) in [6, 6.07) is 9.50. The fourth-order valence-corrected chi connectivity index (χ4v) is 7.99. The third-order valence-corrected chi connectivity index (χ3v) is 11.2. The zero-order valence-electron chi connectivity index (χ0n) is 29.4. The minimum Gasteiger partial charge on any atom is -0.391 e. The number of carbonyl (C=O) groups is 6. The van der Waals surface area contributed by atoms with Crippen molar-refractivity contribution in [2.75, 3.05) is 18.1 Å². The zero-order chi connectivity index (χ0) is 38.3. The maximum Gasteiger partial charge on any atom is 0.245 e. The number of carbonyl (C=O) groups excluding carboxylic acids is 6. The number of aromatic nitrogens is 1. The molecular formula is C36H48N8O7S2. The molecule has 0 radical (unpaired) electrons. The lowest BCUT2D eigenvalue weighted by atomic mass is 10.0. The smallest absolute Gasteiger partial charge is 0.245 e. The Morgan fingerprint density at radius 2 is 1.40 bits per heavy atom. The molecule has 17 heteroatoms. The van der Waals surface area contributed by atoms with Crippen LogP contribution in [0.3, 0.4) is 0 Å². The highest BCUT2D eigenvalue weighted by molar-refractivity contribution is 8.76. The van der Waals surface area contributed by atoms with Gasteiger partial charge in [0.25, 0.3) is 0 Å². The Bertz CT molecular complexity index is 1710. The summed E-state index contributed by atoms with van der Waals surface area (Å²) in [5, 5.41) is 24.7. The molecule has 11 N–H and O–H groups in total. The van der Waals surface area contributed by atoms with E-state index in [0.29, 0.717) is 25.7 Å². The van der Waals surface area contributed by atoms with Crippen LogP contribution in [-0.2, 0) is 41.6 Å². The number of aldehydes is 1. The topological polar surface area (TPSA) is 251 Å². The van der Waals surface area contributed by atoms with Gasteiger partial charge in [0, 0.05) is 41.4 Å². The van der Waals surface area contributed by atoms with Crippen LogP contribution < -0.4 is 38.1 Å². The van der Waals surface area contributed by atoms with Crippen molar-refractivity contribution >= 4 is 68.3 Å². The first-order valence-corrected chi connectivity index (χ1v) is 19.9. The number of aromatic amines is 1. The highest BCUT2D eigenvalue weighted by Gasteiger charge is 2.34. The minimum atomic E-state index is -1.46. The second kappa shape index (κ2) is 20.7. The minimum absolute atomic E-state index is 0.0178. The summed E-state index contributed by atoms with van der Waals surface area (Å²) in [6.07, 6.45) is 2.13. The first kappa shape index (κ1) is 41.3. The van der Waals surface area contributed by atoms with E-state index in [1.165, 1.54) is 28.5 Å². The number of nitrogens with one attached hydrogen (secondary N) is 6. The third kappa shape index (κ3) is 12.3. The number of amides is 5. The first-order valence-electron chi connectivity index (χ1n) is 17.4. The van der Waals surface area contributed by atoms with Crippen molar-refractivity contribution in [1.29, 1.82) is 0 Å². The van der Waals surface area contributed by atoms with E-state index >= 15 is 0 Å². The Kier molecular flexibility index (Phi) is 16.2. The normalized spacial score (nSPS) is 24.9. The van der Waals surface area contributed by atoms with Gasteiger partial charge in [-0.25, -0.2) is 0 Å². The second-order valence-corrected chi connectivity index (χ2v) is 15.4. The Balaban J connectivity index is 1.72. The van der Waals surface area contributed by atoms with E-state index in [4.69, 9.17) is 11.5 Å². The van der Waals surface area contributed by atoms with Gasteiger partial charge >= 0.3 is 0 Å². The highest BCUT2D eigenvalue weighted by Crippen LogP contribution is 2.23. The van der Waals surface area contributed by atoms with Gasteiger partial charge in [0.1, 0.15) is 30.5 Å². The maximum atomic E-state index is 14.2. The van der Waals surface area contributed by atoms with Crippen molar-refractivity contribution in [3.8, 4) is 0 Å². The number of aliphatic hydroxyl groups is 1. The van der Waals surface area contributed by atoms with E-state index in [-0.39, 0.29) is 30.8 Å². The Morgan fingerprint density at radius 1 is 0.774 bits per heavy atom. The van der Waals surface area contributed by atoms with Gasteiger partial charge in [-0.1, -0.05) is 70.1 Å². The summed E-state index contributed by atoms with van der Waals surface area (Å²) in [5.41, 5.74) is 14.2. The molecule has 0 aliphatic carbocycles. The summed E-state index contributed by atoms with van der Waals surface area (Å²) in [6.45, 7) is 1.65. The number of unbranched alkanes of at least 4 members (excludes halogenated alkanes) is 1. The zero-order valence-corrected chi connectivity index (χ0v) is 31.1. The van der Waals surface area contributed by atoms with Crippen LogP contribution >= 0.6 is 21.6 Å². The van der Waals surface area contributed by atoms with Crippen molar-refractivity contribution in [2.45, 2.75) is 81.4 Å². The SMILES string of the molecule is C[C@@H](O)[C@@H]1NC(=O)[C@H](CCCCN)NC(=O)[C@@H](Cc2c[nH]c3ccccc23)NC(=O)[C@H](Cc2ccccc2)NC(=O)[C@@H](N)CSSC[C@@H](C=O)NC1=O. The molecule has 1 saturated heterocycles. The average molecular weight is 769 g/mol. The van der Waals surface area contributed by atoms with Crippen molar-refractivity contribution in [3.63, 3.8) is 0 Å². The number of benzene rings is 2. The van der Waals surface area contributed by atoms with Crippen molar-refractivity contribution in [1.82, 2.24) is 31.6 Å². The number of H-pyrrole nitrogens is 1. The highest BCUT2D eigenvalue weighted by atomic mass is 33.1. The summed E-state index contributed by atoms with van der Waals surface area (Å²) >= 11 is 0. The van der Waals surface area contributed by atoms with Gasteiger partial charge in [0.2, 0.25) is 29.5 Å². The van der Waals surface area contributed by atoms with Crippen LogP contribution in [0.5, 0.6) is 0 Å². The Labute approximate surface area is 315 Å². The van der Waals surface area contributed by atoms with Crippen LogP contribution in [0.15, 0.2) is 60.8 Å². The maximum absolute atomic E-state index is 14.2. The number of hydrogen-bond acceptors (Lipinski definition) is 11. The van der Waals surface area contributed by atoms with E-state index in [0.717, 1.165) is 22.0 Å². The molecule has 15 nitrogen and oxygen atoms in total. The molecule has 4 rings (SSSR count). The van der Waals surface area contributed by atoms with Gasteiger partial charge in [-0.05, 0) is 49.9 Å². The quantitative estimate of drug-likeness (QED) is 0.0743. The molecule has 0 unspecified atom stereocenters. The van der Waals surface area contributed by atoms with Crippen molar-refractivity contribution in [2.24, 2.45) is 11.5 Å². The summed E-state index contributed by atoms with van der Waals surface area (Å²) in [4.78, 5) is 83.7. The molecule has 5 amide bonds. The van der Waals surface area contributed by atoms with Crippen LogP contribution in [0.2, 0.25) is 0 Å². The number of hydrogen-bond donors (Lipinski definition) is 9. The van der Waals surface area contributed by atoms with Crippen molar-refractivity contribution in [3.05, 3.63) is 71.9 Å². The van der Waals surface area contributed by atoms with Gasteiger partial charge in [-0.3, -0.25) is 24.0 Å². The number of fused-ring (bicyclic) bond motifs is 1. The lowest BCUT2D eigenvalue weighted by Crippen LogP contribution is -2.61. The van der Waals surface area contributed by atoms with Crippen LogP contribution in [-0.4, -0.2) is 106 Å². The number of para-hydroxylation sites is 1. The van der Waals surface area contributed by atoms with Gasteiger partial charge < -0.3 is 52.9 Å². The molecule has 3 aromatic rings. The molecule has 286 valence electrons. The Hall–Kier alpha value is -4.42. The molecule has 1 aliphatic heterocycles. The predicted octanol–water partition coefficient (Wildman–Crippen LogP) is -0.192. The molecule has 1 fully saturated rings. The standard InChI is InChI=1S/C36H48N8O7S2/c1-21(46)31-36(51)40-24(18-45)19-52-53-20-26(38)32(47)42-29(15-22-9-3-2-4-10-22)34(49)43-30(16-23-17-39-27-12-6-5-11-25(23)27)35(50)41-28(33(48)44-31)13-7-8-14-37/h2-6,9-12,17-18,21,24,26,28-31,39,46H,7-8,13-16,19-20,37-38H2,1H3,(H,40,51)(H,41,50)(H,42,47)(H,43,49)(H,44,48)/t21-,24-,26+,28+,29+,30-,31+/m1/s1. The lowest BCUT2D eigenvalue weighted by molar-refractivity contribution is -0.136.